The zero-order valence-electron chi connectivity index (χ0n) is 12.2. The molecule has 21 heavy (non-hydrogen) atoms. The van der Waals surface area contributed by atoms with E-state index < -0.39 is 26.6 Å². The van der Waals surface area contributed by atoms with Crippen molar-refractivity contribution in [1.82, 2.24) is 9.62 Å². The maximum atomic E-state index is 13.9. The van der Waals surface area contributed by atoms with Crippen LogP contribution in [0.4, 0.5) is 8.78 Å². The molecule has 0 heterocycles. The van der Waals surface area contributed by atoms with Gasteiger partial charge in [0.25, 0.3) is 0 Å². The Hall–Kier alpha value is -1.05. The van der Waals surface area contributed by atoms with Crippen molar-refractivity contribution >= 4 is 10.0 Å². The summed E-state index contributed by atoms with van der Waals surface area (Å²) in [6, 6.07) is 2.67. The third kappa shape index (κ3) is 3.59. The zero-order valence-corrected chi connectivity index (χ0v) is 13.0. The number of nitrogens with zero attached hydrogens (tertiary/aromatic N) is 1. The smallest absolute Gasteiger partial charge is 0.246 e. The number of hydrogen-bond acceptors (Lipinski definition) is 3. The number of nitrogens with one attached hydrogen (secondary N) is 1. The van der Waals surface area contributed by atoms with Gasteiger partial charge in [-0.15, -0.1) is 0 Å². The van der Waals surface area contributed by atoms with Crippen LogP contribution in [0.3, 0.4) is 0 Å². The van der Waals surface area contributed by atoms with Gasteiger partial charge in [0, 0.05) is 25.7 Å². The predicted octanol–water partition coefficient (Wildman–Crippen LogP) is 2.25. The lowest BCUT2D eigenvalue weighted by Gasteiger charge is -2.19. The molecule has 2 rings (SSSR count). The lowest BCUT2D eigenvalue weighted by molar-refractivity contribution is 0.431. The van der Waals surface area contributed by atoms with Crippen molar-refractivity contribution in [3.8, 4) is 0 Å². The molecule has 0 aromatic heterocycles. The van der Waals surface area contributed by atoms with Crippen molar-refractivity contribution in [2.75, 3.05) is 13.1 Å². The van der Waals surface area contributed by atoms with E-state index in [4.69, 9.17) is 0 Å². The molecule has 1 saturated carbocycles. The fraction of sp³-hybridized carbons (Fsp3) is 0.571. The van der Waals surface area contributed by atoms with Crippen molar-refractivity contribution < 1.29 is 17.2 Å². The third-order valence-electron chi connectivity index (χ3n) is 3.55. The molecule has 1 aliphatic rings. The van der Waals surface area contributed by atoms with E-state index in [0.29, 0.717) is 18.2 Å². The van der Waals surface area contributed by atoms with E-state index in [1.165, 1.54) is 6.07 Å². The van der Waals surface area contributed by atoms with Crippen molar-refractivity contribution in [2.24, 2.45) is 0 Å². The summed E-state index contributed by atoms with van der Waals surface area (Å²) in [6.07, 6.45) is 2.13. The highest BCUT2D eigenvalue weighted by molar-refractivity contribution is 7.89. The first-order valence-electron chi connectivity index (χ1n) is 7.11. The number of sulfonamides is 1. The largest absolute Gasteiger partial charge is 0.310 e. The molecule has 1 aromatic rings. The van der Waals surface area contributed by atoms with Gasteiger partial charge in [0.15, 0.2) is 11.6 Å². The average Bonchev–Trinajstić information content (AvgIpc) is 3.25. The van der Waals surface area contributed by atoms with Gasteiger partial charge in [-0.05, 0) is 30.5 Å². The summed E-state index contributed by atoms with van der Waals surface area (Å²) in [6.45, 7) is 4.08. The zero-order chi connectivity index (χ0) is 15.6. The molecule has 0 aliphatic heterocycles. The molecule has 1 aromatic carbocycles. The van der Waals surface area contributed by atoms with Gasteiger partial charge in [0.2, 0.25) is 10.0 Å². The standard InChI is InChI=1S/C14H20F2N2O2S/c1-3-18(4-2)21(19,20)13-8-10(7-12(15)14(13)16)9-17-11-5-6-11/h7-8,11,17H,3-6,9H2,1-2H3. The van der Waals surface area contributed by atoms with Crippen LogP contribution in [-0.4, -0.2) is 31.9 Å². The molecule has 0 atom stereocenters. The molecule has 0 amide bonds. The molecule has 4 nitrogen and oxygen atoms in total. The molecule has 0 bridgehead atoms. The first kappa shape index (κ1) is 16.3. The third-order valence-corrected chi connectivity index (χ3v) is 5.60. The van der Waals surface area contributed by atoms with Crippen LogP contribution in [0.2, 0.25) is 0 Å². The van der Waals surface area contributed by atoms with E-state index in [1.54, 1.807) is 13.8 Å². The van der Waals surface area contributed by atoms with Gasteiger partial charge >= 0.3 is 0 Å². The number of hydrogen-bond donors (Lipinski definition) is 1. The van der Waals surface area contributed by atoms with Crippen LogP contribution < -0.4 is 5.32 Å². The van der Waals surface area contributed by atoms with Crippen molar-refractivity contribution in [1.29, 1.82) is 0 Å². The molecule has 1 aliphatic carbocycles. The lowest BCUT2D eigenvalue weighted by Crippen LogP contribution is -2.31. The normalized spacial score (nSPS) is 15.7. The van der Waals surface area contributed by atoms with Crippen LogP contribution in [-0.2, 0) is 16.6 Å². The van der Waals surface area contributed by atoms with E-state index >= 15 is 0 Å². The van der Waals surface area contributed by atoms with Gasteiger partial charge < -0.3 is 5.32 Å². The molecular weight excluding hydrogens is 298 g/mol. The first-order valence-corrected chi connectivity index (χ1v) is 8.55. The SMILES string of the molecule is CCN(CC)S(=O)(=O)c1cc(CNC2CC2)cc(F)c1F. The maximum Gasteiger partial charge on any atom is 0.246 e. The second-order valence-electron chi connectivity index (χ2n) is 5.13. The van der Waals surface area contributed by atoms with Gasteiger partial charge in [0.05, 0.1) is 0 Å². The maximum absolute atomic E-state index is 13.9. The quantitative estimate of drug-likeness (QED) is 0.839. The van der Waals surface area contributed by atoms with Crippen LogP contribution in [0.25, 0.3) is 0 Å². The van der Waals surface area contributed by atoms with E-state index in [0.717, 1.165) is 23.2 Å². The minimum atomic E-state index is -4.01. The number of benzene rings is 1. The van der Waals surface area contributed by atoms with E-state index in [1.807, 2.05) is 0 Å². The molecule has 118 valence electrons. The van der Waals surface area contributed by atoms with Crippen LogP contribution >= 0.6 is 0 Å². The predicted molar refractivity (Wildman–Crippen MR) is 76.3 cm³/mol. The summed E-state index contributed by atoms with van der Waals surface area (Å²) >= 11 is 0. The average molecular weight is 318 g/mol. The summed E-state index contributed by atoms with van der Waals surface area (Å²) in [5.41, 5.74) is 0.437. The Balaban J connectivity index is 2.36. The van der Waals surface area contributed by atoms with Crippen LogP contribution in [0.5, 0.6) is 0 Å². The Morgan fingerprint density at radius 1 is 1.24 bits per heavy atom. The fourth-order valence-corrected chi connectivity index (χ4v) is 3.74. The molecule has 0 radical (unpaired) electrons. The number of rotatable bonds is 7. The minimum Gasteiger partial charge on any atom is -0.310 e. The summed E-state index contributed by atoms with van der Waals surface area (Å²) in [7, 11) is -4.01. The Kier molecular flexibility index (Phi) is 4.95. The second kappa shape index (κ2) is 6.37. The van der Waals surface area contributed by atoms with Crippen LogP contribution in [0, 0.1) is 11.6 Å². The lowest BCUT2D eigenvalue weighted by atomic mass is 10.2. The van der Waals surface area contributed by atoms with E-state index in [-0.39, 0.29) is 13.1 Å². The fourth-order valence-electron chi connectivity index (χ4n) is 2.16. The monoisotopic (exact) mass is 318 g/mol. The summed E-state index contributed by atoms with van der Waals surface area (Å²) in [4.78, 5) is -0.584. The molecule has 1 fully saturated rings. The summed E-state index contributed by atoms with van der Waals surface area (Å²) in [5.74, 6) is -2.44. The van der Waals surface area contributed by atoms with Gasteiger partial charge in [-0.3, -0.25) is 0 Å². The molecule has 0 spiro atoms. The Bertz CT molecular complexity index is 612. The van der Waals surface area contributed by atoms with E-state index in [2.05, 4.69) is 5.32 Å². The van der Waals surface area contributed by atoms with E-state index in [9.17, 15) is 17.2 Å². The van der Waals surface area contributed by atoms with Gasteiger partial charge in [-0.2, -0.15) is 4.31 Å². The molecular formula is C14H20F2N2O2S. The Morgan fingerprint density at radius 3 is 2.38 bits per heavy atom. The van der Waals surface area contributed by atoms with Crippen molar-refractivity contribution in [3.05, 3.63) is 29.3 Å². The summed E-state index contributed by atoms with van der Waals surface area (Å²) in [5, 5.41) is 3.16. The summed E-state index contributed by atoms with van der Waals surface area (Å²) < 4.78 is 53.5. The van der Waals surface area contributed by atoms with Crippen molar-refractivity contribution in [3.63, 3.8) is 0 Å². The van der Waals surface area contributed by atoms with Gasteiger partial charge in [-0.25, -0.2) is 17.2 Å². The topological polar surface area (TPSA) is 49.4 Å². The Morgan fingerprint density at radius 2 is 1.86 bits per heavy atom. The molecule has 0 unspecified atom stereocenters. The minimum absolute atomic E-state index is 0.213. The Labute approximate surface area is 124 Å². The van der Waals surface area contributed by atoms with Crippen LogP contribution in [0.15, 0.2) is 17.0 Å². The molecule has 0 saturated heterocycles. The highest BCUT2D eigenvalue weighted by Crippen LogP contribution is 2.24. The second-order valence-corrected chi connectivity index (χ2v) is 7.04. The highest BCUT2D eigenvalue weighted by Gasteiger charge is 2.28. The first-order chi connectivity index (χ1) is 9.90. The van der Waals surface area contributed by atoms with Crippen LogP contribution in [0.1, 0.15) is 32.3 Å². The molecule has 7 heteroatoms. The number of halogens is 2. The van der Waals surface area contributed by atoms with Crippen molar-refractivity contribution in [2.45, 2.75) is 44.2 Å². The molecule has 1 N–H and O–H groups in total. The van der Waals surface area contributed by atoms with Gasteiger partial charge in [-0.1, -0.05) is 13.8 Å². The highest BCUT2D eigenvalue weighted by atomic mass is 32.2. The van der Waals surface area contributed by atoms with Gasteiger partial charge in [0.1, 0.15) is 4.90 Å².